The van der Waals surface area contributed by atoms with Gasteiger partial charge in [0, 0.05) is 20.3 Å². The number of ether oxygens (including phenoxy) is 1. The molecule has 0 aromatic carbocycles. The van der Waals surface area contributed by atoms with Crippen LogP contribution >= 0.6 is 0 Å². The van der Waals surface area contributed by atoms with Crippen molar-refractivity contribution >= 4 is 5.97 Å². The maximum atomic E-state index is 12.6. The zero-order valence-corrected chi connectivity index (χ0v) is 7.95. The number of halogens is 4. The minimum atomic E-state index is -4.05. The molecule has 0 rings (SSSR count). The highest BCUT2D eigenvalue weighted by molar-refractivity contribution is 5.65. The van der Waals surface area contributed by atoms with Crippen molar-refractivity contribution in [2.45, 2.75) is 38.5 Å². The predicted molar refractivity (Wildman–Crippen MR) is 41.4 cm³/mol. The molecule has 0 bridgehead atoms. The summed E-state index contributed by atoms with van der Waals surface area (Å²) in [5.41, 5.74) is 0. The van der Waals surface area contributed by atoms with E-state index in [1.807, 2.05) is 0 Å². The number of hydrogen-bond acceptors (Lipinski definition) is 2. The Bertz CT molecular complexity index is 198. The van der Waals surface area contributed by atoms with E-state index in [2.05, 4.69) is 4.74 Å². The standard InChI is InChI=1S/C8H12F4O2/c1-6(13)14-5-3-4-8(11,12)7(2,9)10/h3-5H2,1-2H3. The first-order chi connectivity index (χ1) is 6.17. The zero-order valence-electron chi connectivity index (χ0n) is 7.95. The monoisotopic (exact) mass is 216 g/mol. The summed E-state index contributed by atoms with van der Waals surface area (Å²) in [5, 5.41) is 0. The first kappa shape index (κ1) is 13.2. The van der Waals surface area contributed by atoms with Gasteiger partial charge in [-0.3, -0.25) is 4.79 Å². The molecule has 6 heteroatoms. The maximum absolute atomic E-state index is 12.6. The van der Waals surface area contributed by atoms with Crippen LogP contribution < -0.4 is 0 Å². The van der Waals surface area contributed by atoms with Crippen molar-refractivity contribution in [3.8, 4) is 0 Å². The number of hydrogen-bond donors (Lipinski definition) is 0. The van der Waals surface area contributed by atoms with E-state index >= 15 is 0 Å². The minimum absolute atomic E-state index is 0.166. The fourth-order valence-corrected chi connectivity index (χ4v) is 0.730. The van der Waals surface area contributed by atoms with Crippen molar-refractivity contribution in [3.05, 3.63) is 0 Å². The van der Waals surface area contributed by atoms with Gasteiger partial charge in [0.15, 0.2) is 0 Å². The molecular formula is C8H12F4O2. The smallest absolute Gasteiger partial charge is 0.310 e. The molecule has 0 saturated heterocycles. The highest BCUT2D eigenvalue weighted by Gasteiger charge is 2.51. The lowest BCUT2D eigenvalue weighted by molar-refractivity contribution is -0.202. The van der Waals surface area contributed by atoms with Crippen LogP contribution in [-0.4, -0.2) is 24.4 Å². The van der Waals surface area contributed by atoms with Crippen LogP contribution in [-0.2, 0) is 9.53 Å². The molecule has 0 aromatic heterocycles. The Balaban J connectivity index is 3.83. The summed E-state index contributed by atoms with van der Waals surface area (Å²) in [5.74, 6) is -8.70. The second-order valence-electron chi connectivity index (χ2n) is 3.04. The summed E-state index contributed by atoms with van der Waals surface area (Å²) in [6.45, 7) is 1.02. The van der Waals surface area contributed by atoms with Crippen LogP contribution in [0.2, 0.25) is 0 Å². The topological polar surface area (TPSA) is 26.3 Å². The van der Waals surface area contributed by atoms with Crippen LogP contribution in [0.1, 0.15) is 26.7 Å². The molecular weight excluding hydrogens is 204 g/mol. The van der Waals surface area contributed by atoms with Gasteiger partial charge < -0.3 is 4.74 Å². The third-order valence-corrected chi connectivity index (χ3v) is 1.58. The van der Waals surface area contributed by atoms with Crippen molar-refractivity contribution in [2.75, 3.05) is 6.61 Å². The maximum Gasteiger partial charge on any atom is 0.310 e. The third-order valence-electron chi connectivity index (χ3n) is 1.58. The molecule has 0 aromatic rings. The third kappa shape index (κ3) is 4.43. The molecule has 0 aliphatic rings. The molecule has 0 amide bonds. The summed E-state index contributed by atoms with van der Waals surface area (Å²) in [4.78, 5) is 10.2. The largest absolute Gasteiger partial charge is 0.466 e. The molecule has 0 fully saturated rings. The Hall–Kier alpha value is -0.810. The molecule has 0 atom stereocenters. The average Bonchev–Trinajstić information content (AvgIpc) is 1.95. The SMILES string of the molecule is CC(=O)OCCCC(F)(F)C(C)(F)F. The summed E-state index contributed by atoms with van der Waals surface area (Å²) >= 11 is 0. The Kier molecular flexibility index (Phi) is 4.35. The van der Waals surface area contributed by atoms with Crippen molar-refractivity contribution in [1.82, 2.24) is 0 Å². The van der Waals surface area contributed by atoms with Crippen LogP contribution in [0, 0.1) is 0 Å². The van der Waals surface area contributed by atoms with Gasteiger partial charge in [-0.1, -0.05) is 0 Å². The summed E-state index contributed by atoms with van der Waals surface area (Å²) < 4.78 is 53.9. The van der Waals surface area contributed by atoms with Gasteiger partial charge in [0.1, 0.15) is 0 Å². The fourth-order valence-electron chi connectivity index (χ4n) is 0.730. The van der Waals surface area contributed by atoms with E-state index in [1.165, 1.54) is 0 Å². The summed E-state index contributed by atoms with van der Waals surface area (Å²) in [6, 6.07) is 0. The van der Waals surface area contributed by atoms with Gasteiger partial charge in [-0.2, -0.15) is 8.78 Å². The molecule has 0 radical (unpaired) electrons. The fraction of sp³-hybridized carbons (Fsp3) is 0.875. The number of alkyl halides is 4. The second kappa shape index (κ2) is 4.61. The van der Waals surface area contributed by atoms with Crippen LogP contribution in [0.3, 0.4) is 0 Å². The molecule has 0 unspecified atom stereocenters. The van der Waals surface area contributed by atoms with Gasteiger partial charge in [-0.15, -0.1) is 0 Å². The lowest BCUT2D eigenvalue weighted by Crippen LogP contribution is -2.37. The normalized spacial score (nSPS) is 12.7. The highest BCUT2D eigenvalue weighted by Crippen LogP contribution is 2.37. The Morgan fingerprint density at radius 3 is 2.14 bits per heavy atom. The van der Waals surface area contributed by atoms with Gasteiger partial charge in [0.05, 0.1) is 6.61 Å². The van der Waals surface area contributed by atoms with Crippen LogP contribution in [0.4, 0.5) is 17.6 Å². The molecule has 2 nitrogen and oxygen atoms in total. The van der Waals surface area contributed by atoms with Crippen molar-refractivity contribution in [3.63, 3.8) is 0 Å². The van der Waals surface area contributed by atoms with E-state index in [-0.39, 0.29) is 20.0 Å². The van der Waals surface area contributed by atoms with Crippen molar-refractivity contribution < 1.29 is 27.1 Å². The molecule has 0 N–H and O–H groups in total. The van der Waals surface area contributed by atoms with Gasteiger partial charge in [-0.05, 0) is 6.42 Å². The zero-order chi connectivity index (χ0) is 11.4. The lowest BCUT2D eigenvalue weighted by atomic mass is 10.1. The van der Waals surface area contributed by atoms with E-state index in [0.29, 0.717) is 0 Å². The molecule has 84 valence electrons. The highest BCUT2D eigenvalue weighted by atomic mass is 19.3. The van der Waals surface area contributed by atoms with E-state index < -0.39 is 24.2 Å². The summed E-state index contributed by atoms with van der Waals surface area (Å²) in [7, 11) is 0. The first-order valence-electron chi connectivity index (χ1n) is 4.06. The minimum Gasteiger partial charge on any atom is -0.466 e. The average molecular weight is 216 g/mol. The van der Waals surface area contributed by atoms with Gasteiger partial charge in [0.2, 0.25) is 0 Å². The van der Waals surface area contributed by atoms with E-state index in [9.17, 15) is 22.4 Å². The molecule has 14 heavy (non-hydrogen) atoms. The Labute approximate surface area is 79.2 Å². The van der Waals surface area contributed by atoms with Gasteiger partial charge >= 0.3 is 17.8 Å². The number of carbonyl (C=O) groups excluding carboxylic acids is 1. The quantitative estimate of drug-likeness (QED) is 0.401. The predicted octanol–water partition coefficient (Wildman–Crippen LogP) is 2.62. The molecule has 0 aliphatic heterocycles. The Morgan fingerprint density at radius 1 is 1.29 bits per heavy atom. The van der Waals surface area contributed by atoms with E-state index in [0.717, 1.165) is 6.92 Å². The van der Waals surface area contributed by atoms with Crippen LogP contribution in [0.5, 0.6) is 0 Å². The molecule has 0 aliphatic carbocycles. The van der Waals surface area contributed by atoms with Crippen LogP contribution in [0.15, 0.2) is 0 Å². The van der Waals surface area contributed by atoms with E-state index in [1.54, 1.807) is 0 Å². The van der Waals surface area contributed by atoms with Crippen molar-refractivity contribution in [1.29, 1.82) is 0 Å². The molecule has 0 spiro atoms. The number of esters is 1. The number of rotatable bonds is 5. The Morgan fingerprint density at radius 2 is 1.79 bits per heavy atom. The van der Waals surface area contributed by atoms with Crippen molar-refractivity contribution in [2.24, 2.45) is 0 Å². The van der Waals surface area contributed by atoms with Gasteiger partial charge in [-0.25, -0.2) is 8.78 Å². The lowest BCUT2D eigenvalue weighted by Gasteiger charge is -2.22. The second-order valence-corrected chi connectivity index (χ2v) is 3.04. The number of carbonyl (C=O) groups is 1. The molecule has 0 heterocycles. The van der Waals surface area contributed by atoms with Gasteiger partial charge in [0.25, 0.3) is 0 Å². The van der Waals surface area contributed by atoms with Crippen LogP contribution in [0.25, 0.3) is 0 Å². The first-order valence-corrected chi connectivity index (χ1v) is 4.06. The summed E-state index contributed by atoms with van der Waals surface area (Å²) in [6.07, 6.45) is -1.28. The van der Waals surface area contributed by atoms with E-state index in [4.69, 9.17) is 0 Å². The molecule has 0 saturated carbocycles.